The van der Waals surface area contributed by atoms with Crippen molar-refractivity contribution in [1.82, 2.24) is 0 Å². The molecule has 0 unspecified atom stereocenters. The average Bonchev–Trinajstić information content (AvgIpc) is 2.49. The highest BCUT2D eigenvalue weighted by Gasteiger charge is 2.08. The lowest BCUT2D eigenvalue weighted by Crippen LogP contribution is -2.21. The Bertz CT molecular complexity index is 692. The first-order valence-electron chi connectivity index (χ1n) is 6.32. The standard InChI is InChI=1S/C15H13Cl3N2O2/c1-22-13-6-5-9(7-11(13)17)20-14(21)8-19-12-4-2-3-10(16)15(12)18/h2-7,19H,8H2,1H3,(H,20,21). The van der Waals surface area contributed by atoms with Crippen molar-refractivity contribution < 1.29 is 9.53 Å². The largest absolute Gasteiger partial charge is 0.495 e. The Morgan fingerprint density at radius 2 is 1.91 bits per heavy atom. The van der Waals surface area contributed by atoms with Crippen molar-refractivity contribution in [2.75, 3.05) is 24.3 Å². The van der Waals surface area contributed by atoms with Gasteiger partial charge in [-0.2, -0.15) is 0 Å². The summed E-state index contributed by atoms with van der Waals surface area (Å²) >= 11 is 17.9. The van der Waals surface area contributed by atoms with Crippen molar-refractivity contribution in [3.05, 3.63) is 51.5 Å². The summed E-state index contributed by atoms with van der Waals surface area (Å²) in [5.41, 5.74) is 1.17. The van der Waals surface area contributed by atoms with Crippen LogP contribution in [0.3, 0.4) is 0 Å². The van der Waals surface area contributed by atoms with Crippen LogP contribution in [0.2, 0.25) is 15.1 Å². The zero-order chi connectivity index (χ0) is 16.1. The molecule has 0 heterocycles. The number of hydrogen-bond donors (Lipinski definition) is 2. The zero-order valence-corrected chi connectivity index (χ0v) is 13.9. The lowest BCUT2D eigenvalue weighted by Gasteiger charge is -2.11. The molecule has 7 heteroatoms. The summed E-state index contributed by atoms with van der Waals surface area (Å²) < 4.78 is 5.05. The number of benzene rings is 2. The maximum absolute atomic E-state index is 11.9. The molecule has 0 aliphatic rings. The Kier molecular flexibility index (Phi) is 5.77. The van der Waals surface area contributed by atoms with E-state index in [1.54, 1.807) is 36.4 Å². The van der Waals surface area contributed by atoms with Gasteiger partial charge in [-0.25, -0.2) is 0 Å². The first-order valence-corrected chi connectivity index (χ1v) is 7.46. The van der Waals surface area contributed by atoms with Gasteiger partial charge in [-0.3, -0.25) is 4.79 Å². The normalized spacial score (nSPS) is 10.2. The molecule has 1 amide bonds. The SMILES string of the molecule is COc1ccc(NC(=O)CNc2cccc(Cl)c2Cl)cc1Cl. The van der Waals surface area contributed by atoms with Crippen molar-refractivity contribution >= 4 is 52.1 Å². The van der Waals surface area contributed by atoms with E-state index >= 15 is 0 Å². The van der Waals surface area contributed by atoms with E-state index in [9.17, 15) is 4.79 Å². The summed E-state index contributed by atoms with van der Waals surface area (Å²) in [6.07, 6.45) is 0. The summed E-state index contributed by atoms with van der Waals surface area (Å²) in [4.78, 5) is 11.9. The van der Waals surface area contributed by atoms with Gasteiger partial charge in [0.25, 0.3) is 0 Å². The van der Waals surface area contributed by atoms with Crippen LogP contribution in [0.25, 0.3) is 0 Å². The van der Waals surface area contributed by atoms with Crippen LogP contribution in [0.4, 0.5) is 11.4 Å². The van der Waals surface area contributed by atoms with Crippen LogP contribution >= 0.6 is 34.8 Å². The highest BCUT2D eigenvalue weighted by Crippen LogP contribution is 2.29. The van der Waals surface area contributed by atoms with Gasteiger partial charge >= 0.3 is 0 Å². The molecule has 0 aliphatic carbocycles. The molecule has 22 heavy (non-hydrogen) atoms. The third-order valence-electron chi connectivity index (χ3n) is 2.83. The second-order valence-electron chi connectivity index (χ2n) is 4.35. The Hall–Kier alpha value is -1.62. The molecule has 0 spiro atoms. The molecule has 0 saturated heterocycles. The van der Waals surface area contributed by atoms with E-state index in [4.69, 9.17) is 39.5 Å². The number of ether oxygens (including phenoxy) is 1. The molecule has 0 atom stereocenters. The molecule has 2 aromatic carbocycles. The van der Waals surface area contributed by atoms with Crippen LogP contribution in [0, 0.1) is 0 Å². The van der Waals surface area contributed by atoms with Crippen LogP contribution < -0.4 is 15.4 Å². The highest BCUT2D eigenvalue weighted by molar-refractivity contribution is 6.43. The van der Waals surface area contributed by atoms with Crippen LogP contribution in [0.15, 0.2) is 36.4 Å². The van der Waals surface area contributed by atoms with Gasteiger partial charge in [-0.15, -0.1) is 0 Å². The molecule has 0 aromatic heterocycles. The number of methoxy groups -OCH3 is 1. The maximum atomic E-state index is 11.9. The summed E-state index contributed by atoms with van der Waals surface area (Å²) in [5.74, 6) is 0.306. The second kappa shape index (κ2) is 7.58. The molecule has 116 valence electrons. The molecule has 2 aromatic rings. The summed E-state index contributed by atoms with van der Waals surface area (Å²) in [6, 6.07) is 10.2. The van der Waals surface area contributed by atoms with Gasteiger partial charge in [0.05, 0.1) is 34.4 Å². The van der Waals surface area contributed by atoms with Crippen LogP contribution in [0.5, 0.6) is 5.75 Å². The van der Waals surface area contributed by atoms with Crippen molar-refractivity contribution in [1.29, 1.82) is 0 Å². The monoisotopic (exact) mass is 358 g/mol. The number of anilines is 2. The first-order chi connectivity index (χ1) is 10.5. The number of halogens is 3. The third kappa shape index (κ3) is 4.19. The van der Waals surface area contributed by atoms with Crippen molar-refractivity contribution in [3.63, 3.8) is 0 Å². The van der Waals surface area contributed by atoms with E-state index in [0.29, 0.717) is 32.2 Å². The number of carbonyl (C=O) groups is 1. The van der Waals surface area contributed by atoms with Crippen LogP contribution in [-0.2, 0) is 4.79 Å². The van der Waals surface area contributed by atoms with Crippen molar-refractivity contribution in [2.45, 2.75) is 0 Å². The first kappa shape index (κ1) is 16.7. The van der Waals surface area contributed by atoms with E-state index in [-0.39, 0.29) is 12.5 Å². The van der Waals surface area contributed by atoms with Crippen LogP contribution in [0.1, 0.15) is 0 Å². The molecule has 0 saturated carbocycles. The van der Waals surface area contributed by atoms with Gasteiger partial charge in [-0.1, -0.05) is 40.9 Å². The predicted molar refractivity (Wildman–Crippen MR) is 91.6 cm³/mol. The molecule has 0 aliphatic heterocycles. The lowest BCUT2D eigenvalue weighted by molar-refractivity contribution is -0.114. The summed E-state index contributed by atoms with van der Waals surface area (Å²) in [5, 5.41) is 6.87. The molecular formula is C15H13Cl3N2O2. The van der Waals surface area contributed by atoms with E-state index in [1.807, 2.05) is 0 Å². The van der Waals surface area contributed by atoms with E-state index in [1.165, 1.54) is 7.11 Å². The van der Waals surface area contributed by atoms with Gasteiger partial charge in [0.1, 0.15) is 5.75 Å². The minimum Gasteiger partial charge on any atom is -0.495 e. The number of amides is 1. The maximum Gasteiger partial charge on any atom is 0.243 e. The Balaban J connectivity index is 1.96. The number of nitrogens with one attached hydrogen (secondary N) is 2. The quantitative estimate of drug-likeness (QED) is 0.813. The van der Waals surface area contributed by atoms with Crippen molar-refractivity contribution in [3.8, 4) is 5.75 Å². The molecule has 2 rings (SSSR count). The number of rotatable bonds is 5. The van der Waals surface area contributed by atoms with Gasteiger partial charge in [0, 0.05) is 5.69 Å². The topological polar surface area (TPSA) is 50.4 Å². The number of carbonyl (C=O) groups excluding carboxylic acids is 1. The molecule has 0 bridgehead atoms. The van der Waals surface area contributed by atoms with Gasteiger partial charge in [0.2, 0.25) is 5.91 Å². The average molecular weight is 360 g/mol. The smallest absolute Gasteiger partial charge is 0.243 e. The molecule has 0 fully saturated rings. The summed E-state index contributed by atoms with van der Waals surface area (Å²) in [7, 11) is 1.53. The fraction of sp³-hybridized carbons (Fsp3) is 0.133. The number of hydrogen-bond acceptors (Lipinski definition) is 3. The lowest BCUT2D eigenvalue weighted by atomic mass is 10.3. The molecule has 4 nitrogen and oxygen atoms in total. The van der Waals surface area contributed by atoms with Gasteiger partial charge in [0.15, 0.2) is 0 Å². The van der Waals surface area contributed by atoms with Crippen molar-refractivity contribution in [2.24, 2.45) is 0 Å². The van der Waals surface area contributed by atoms with Gasteiger partial charge in [-0.05, 0) is 30.3 Å². The minimum atomic E-state index is -0.239. The Morgan fingerprint density at radius 1 is 1.14 bits per heavy atom. The zero-order valence-electron chi connectivity index (χ0n) is 11.6. The Labute approximate surface area is 143 Å². The molecular weight excluding hydrogens is 347 g/mol. The Morgan fingerprint density at radius 3 is 2.59 bits per heavy atom. The third-order valence-corrected chi connectivity index (χ3v) is 3.94. The molecule has 0 radical (unpaired) electrons. The molecule has 2 N–H and O–H groups in total. The van der Waals surface area contributed by atoms with Crippen LogP contribution in [-0.4, -0.2) is 19.6 Å². The summed E-state index contributed by atoms with van der Waals surface area (Å²) in [6.45, 7) is 0.0453. The fourth-order valence-corrected chi connectivity index (χ4v) is 2.39. The van der Waals surface area contributed by atoms with E-state index in [2.05, 4.69) is 10.6 Å². The minimum absolute atomic E-state index is 0.0453. The fourth-order valence-electron chi connectivity index (χ4n) is 1.77. The van der Waals surface area contributed by atoms with Gasteiger partial charge < -0.3 is 15.4 Å². The second-order valence-corrected chi connectivity index (χ2v) is 5.54. The van der Waals surface area contributed by atoms with E-state index < -0.39 is 0 Å². The predicted octanol–water partition coefficient (Wildman–Crippen LogP) is 4.71. The van der Waals surface area contributed by atoms with E-state index in [0.717, 1.165) is 0 Å². The highest BCUT2D eigenvalue weighted by atomic mass is 35.5.